The number of amides is 1. The Balaban J connectivity index is 1.84. The van der Waals surface area contributed by atoms with Crippen molar-refractivity contribution in [2.24, 2.45) is 4.99 Å². The Hall–Kier alpha value is -2.60. The maximum absolute atomic E-state index is 13.2. The van der Waals surface area contributed by atoms with Gasteiger partial charge in [0.1, 0.15) is 11.6 Å². The van der Waals surface area contributed by atoms with Crippen LogP contribution in [0.3, 0.4) is 0 Å². The van der Waals surface area contributed by atoms with Crippen LogP contribution in [0.5, 0.6) is 5.75 Å². The summed E-state index contributed by atoms with van der Waals surface area (Å²) >= 11 is 1.17. The van der Waals surface area contributed by atoms with Crippen molar-refractivity contribution in [2.45, 2.75) is 0 Å². The molecule has 1 fully saturated rings. The lowest BCUT2D eigenvalue weighted by atomic mass is 10.2. The van der Waals surface area contributed by atoms with Gasteiger partial charge in [0, 0.05) is 6.07 Å². The van der Waals surface area contributed by atoms with Gasteiger partial charge in [0.2, 0.25) is 0 Å². The first-order chi connectivity index (χ1) is 10.6. The maximum atomic E-state index is 13.2. The average Bonchev–Trinajstić information content (AvgIpc) is 2.79. The number of phenolic OH excluding ortho intramolecular Hbond substituents is 1. The van der Waals surface area contributed by atoms with E-state index in [2.05, 4.69) is 10.3 Å². The van der Waals surface area contributed by atoms with Crippen LogP contribution in [0.25, 0.3) is 6.08 Å². The summed E-state index contributed by atoms with van der Waals surface area (Å²) in [4.78, 5) is 16.6. The standard InChI is InChI=1S/C16H11FN2O2S/c17-11-4-1-3-10(7-11)8-14-15(21)19-16(22-14)18-12-5-2-6-13(20)9-12/h1-9,20H,(H,18,19,21)/b14-8+. The van der Waals surface area contributed by atoms with E-state index in [1.165, 1.54) is 30.0 Å². The molecule has 2 aromatic rings. The van der Waals surface area contributed by atoms with Gasteiger partial charge in [0.25, 0.3) is 5.91 Å². The van der Waals surface area contributed by atoms with Crippen molar-refractivity contribution in [3.63, 3.8) is 0 Å². The summed E-state index contributed by atoms with van der Waals surface area (Å²) in [6.07, 6.45) is 1.61. The lowest BCUT2D eigenvalue weighted by Gasteiger charge is -1.97. The molecule has 1 aliphatic heterocycles. The van der Waals surface area contributed by atoms with Crippen LogP contribution in [0.4, 0.5) is 10.1 Å². The highest BCUT2D eigenvalue weighted by Crippen LogP contribution is 2.28. The molecule has 0 atom stereocenters. The molecule has 110 valence electrons. The molecule has 0 aliphatic carbocycles. The number of rotatable bonds is 2. The molecular weight excluding hydrogens is 303 g/mol. The van der Waals surface area contributed by atoms with E-state index < -0.39 is 0 Å². The van der Waals surface area contributed by atoms with E-state index in [9.17, 15) is 14.3 Å². The summed E-state index contributed by atoms with van der Waals surface area (Å²) in [5, 5.41) is 12.5. The molecule has 1 saturated heterocycles. The molecule has 1 heterocycles. The molecule has 1 aliphatic rings. The fraction of sp³-hybridized carbons (Fsp3) is 0. The predicted octanol–water partition coefficient (Wildman–Crippen LogP) is 3.42. The number of thioether (sulfide) groups is 1. The van der Waals surface area contributed by atoms with Crippen molar-refractivity contribution in [1.29, 1.82) is 0 Å². The largest absolute Gasteiger partial charge is 0.508 e. The molecule has 1 amide bonds. The topological polar surface area (TPSA) is 61.7 Å². The summed E-state index contributed by atoms with van der Waals surface area (Å²) in [6, 6.07) is 12.4. The summed E-state index contributed by atoms with van der Waals surface area (Å²) in [5.41, 5.74) is 1.14. The highest BCUT2D eigenvalue weighted by Gasteiger charge is 2.23. The Morgan fingerprint density at radius 3 is 2.77 bits per heavy atom. The molecule has 22 heavy (non-hydrogen) atoms. The number of nitrogens with zero attached hydrogens (tertiary/aromatic N) is 1. The molecule has 0 saturated carbocycles. The van der Waals surface area contributed by atoms with Gasteiger partial charge in [0.15, 0.2) is 5.17 Å². The smallest absolute Gasteiger partial charge is 0.264 e. The third kappa shape index (κ3) is 3.35. The quantitative estimate of drug-likeness (QED) is 0.835. The van der Waals surface area contributed by atoms with Gasteiger partial charge in [-0.3, -0.25) is 4.79 Å². The first-order valence-electron chi connectivity index (χ1n) is 6.44. The fourth-order valence-corrected chi connectivity index (χ4v) is 2.75. The molecule has 0 spiro atoms. The van der Waals surface area contributed by atoms with Gasteiger partial charge >= 0.3 is 0 Å². The Morgan fingerprint density at radius 1 is 1.18 bits per heavy atom. The molecule has 3 rings (SSSR count). The van der Waals surface area contributed by atoms with E-state index >= 15 is 0 Å². The van der Waals surface area contributed by atoms with Gasteiger partial charge < -0.3 is 10.4 Å². The van der Waals surface area contributed by atoms with Crippen molar-refractivity contribution in [3.8, 4) is 5.75 Å². The van der Waals surface area contributed by atoms with Crippen molar-refractivity contribution in [2.75, 3.05) is 0 Å². The van der Waals surface area contributed by atoms with Gasteiger partial charge in [-0.1, -0.05) is 18.2 Å². The zero-order valence-electron chi connectivity index (χ0n) is 11.3. The molecule has 2 N–H and O–H groups in total. The van der Waals surface area contributed by atoms with E-state index in [1.807, 2.05) is 0 Å². The molecule has 0 unspecified atom stereocenters. The number of halogens is 1. The normalized spacial score (nSPS) is 18.0. The number of phenols is 1. The molecular formula is C16H11FN2O2S. The highest BCUT2D eigenvalue weighted by atomic mass is 32.2. The van der Waals surface area contributed by atoms with Crippen molar-refractivity contribution in [1.82, 2.24) is 5.32 Å². The number of aliphatic imine (C=N–C) groups is 1. The van der Waals surface area contributed by atoms with Gasteiger partial charge in [-0.15, -0.1) is 0 Å². The number of nitrogens with one attached hydrogen (secondary N) is 1. The van der Waals surface area contributed by atoms with Crippen LogP contribution in [-0.4, -0.2) is 16.2 Å². The second-order valence-corrected chi connectivity index (χ2v) is 5.59. The second-order valence-electron chi connectivity index (χ2n) is 4.56. The van der Waals surface area contributed by atoms with Crippen LogP contribution >= 0.6 is 11.8 Å². The number of benzene rings is 2. The molecule has 0 bridgehead atoms. The van der Waals surface area contributed by atoms with Crippen LogP contribution < -0.4 is 5.32 Å². The Labute approximate surface area is 130 Å². The number of hydrogen-bond donors (Lipinski definition) is 2. The molecule has 6 heteroatoms. The first kappa shape index (κ1) is 14.3. The zero-order chi connectivity index (χ0) is 15.5. The molecule has 4 nitrogen and oxygen atoms in total. The molecule has 2 aromatic carbocycles. The van der Waals surface area contributed by atoms with Gasteiger partial charge in [-0.25, -0.2) is 9.38 Å². The Bertz CT molecular complexity index is 802. The maximum Gasteiger partial charge on any atom is 0.264 e. The van der Waals surface area contributed by atoms with Gasteiger partial charge in [0.05, 0.1) is 10.6 Å². The van der Waals surface area contributed by atoms with Crippen molar-refractivity contribution >= 4 is 34.6 Å². The van der Waals surface area contributed by atoms with Crippen LogP contribution in [0.2, 0.25) is 0 Å². The minimum atomic E-state index is -0.355. The van der Waals surface area contributed by atoms with Gasteiger partial charge in [-0.2, -0.15) is 0 Å². The van der Waals surface area contributed by atoms with Crippen LogP contribution in [0.15, 0.2) is 58.4 Å². The number of carbonyl (C=O) groups is 1. The second kappa shape index (κ2) is 6.03. The third-order valence-corrected chi connectivity index (χ3v) is 3.77. The molecule has 0 radical (unpaired) electrons. The van der Waals surface area contributed by atoms with Crippen LogP contribution in [0.1, 0.15) is 5.56 Å². The van der Waals surface area contributed by atoms with E-state index in [4.69, 9.17) is 0 Å². The Kier molecular flexibility index (Phi) is 3.93. The van der Waals surface area contributed by atoms with Crippen molar-refractivity contribution in [3.05, 3.63) is 64.8 Å². The van der Waals surface area contributed by atoms with E-state index in [1.54, 1.807) is 36.4 Å². The summed E-state index contributed by atoms with van der Waals surface area (Å²) in [7, 11) is 0. The number of aromatic hydroxyl groups is 1. The summed E-state index contributed by atoms with van der Waals surface area (Å²) < 4.78 is 13.2. The number of hydrogen-bond acceptors (Lipinski definition) is 4. The first-order valence-corrected chi connectivity index (χ1v) is 7.26. The van der Waals surface area contributed by atoms with Crippen LogP contribution in [0, 0.1) is 5.82 Å². The van der Waals surface area contributed by atoms with E-state index in [0.717, 1.165) is 0 Å². The highest BCUT2D eigenvalue weighted by molar-refractivity contribution is 8.18. The SMILES string of the molecule is O=C1NC(=Nc2cccc(O)c2)S/C1=C/c1cccc(F)c1. The average molecular weight is 314 g/mol. The fourth-order valence-electron chi connectivity index (χ4n) is 1.91. The monoisotopic (exact) mass is 314 g/mol. The minimum Gasteiger partial charge on any atom is -0.508 e. The zero-order valence-corrected chi connectivity index (χ0v) is 12.1. The number of amidine groups is 1. The van der Waals surface area contributed by atoms with Crippen LogP contribution in [-0.2, 0) is 4.79 Å². The van der Waals surface area contributed by atoms with E-state index in [-0.39, 0.29) is 17.5 Å². The molecule has 0 aromatic heterocycles. The lowest BCUT2D eigenvalue weighted by molar-refractivity contribution is -0.115. The van der Waals surface area contributed by atoms with Gasteiger partial charge in [-0.05, 0) is 47.7 Å². The predicted molar refractivity (Wildman–Crippen MR) is 85.3 cm³/mol. The Morgan fingerprint density at radius 2 is 2.00 bits per heavy atom. The van der Waals surface area contributed by atoms with Crippen molar-refractivity contribution < 1.29 is 14.3 Å². The number of carbonyl (C=O) groups excluding carboxylic acids is 1. The third-order valence-electron chi connectivity index (χ3n) is 2.86. The summed E-state index contributed by atoms with van der Waals surface area (Å²) in [5.74, 6) is -0.536. The van der Waals surface area contributed by atoms with E-state index in [0.29, 0.717) is 21.3 Å². The summed E-state index contributed by atoms with van der Waals surface area (Å²) in [6.45, 7) is 0. The lowest BCUT2D eigenvalue weighted by Crippen LogP contribution is -2.19. The minimum absolute atomic E-state index is 0.103.